The van der Waals surface area contributed by atoms with E-state index in [1.807, 2.05) is 23.4 Å². The second-order valence-electron chi connectivity index (χ2n) is 12.2. The normalized spacial score (nSPS) is 20.5. The van der Waals surface area contributed by atoms with E-state index in [4.69, 9.17) is 14.5 Å². The van der Waals surface area contributed by atoms with Gasteiger partial charge in [-0.05, 0) is 46.2 Å². The lowest BCUT2D eigenvalue weighted by atomic mass is 10.0. The van der Waals surface area contributed by atoms with Crippen LogP contribution >= 0.6 is 0 Å². The van der Waals surface area contributed by atoms with Crippen LogP contribution in [0.4, 0.5) is 10.5 Å². The minimum absolute atomic E-state index is 0.0862. The monoisotopic (exact) mass is 629 g/mol. The molecule has 3 aromatic carbocycles. The summed E-state index contributed by atoms with van der Waals surface area (Å²) in [6, 6.07) is 22.1. The second kappa shape index (κ2) is 12.2. The fraction of sp³-hybridized carbons (Fsp3) is 0.278. The van der Waals surface area contributed by atoms with Crippen molar-refractivity contribution in [3.63, 3.8) is 0 Å². The number of carbonyl (C=O) groups is 2. The Morgan fingerprint density at radius 2 is 1.53 bits per heavy atom. The Morgan fingerprint density at radius 1 is 0.894 bits per heavy atom. The maximum Gasteiger partial charge on any atom is 0.407 e. The molecule has 3 atom stereocenters. The minimum atomic E-state index is -0.676. The minimum Gasteiger partial charge on any atom is -0.453 e. The van der Waals surface area contributed by atoms with Crippen LogP contribution < -0.4 is 15.5 Å². The van der Waals surface area contributed by atoms with E-state index >= 15 is 0 Å². The summed E-state index contributed by atoms with van der Waals surface area (Å²) < 4.78 is 10.4. The Kier molecular flexibility index (Phi) is 7.54. The highest BCUT2D eigenvalue weighted by molar-refractivity contribution is 6.02. The maximum atomic E-state index is 13.8. The largest absolute Gasteiger partial charge is 0.453 e. The predicted octanol–water partition coefficient (Wildman–Crippen LogP) is 5.10. The molecule has 1 saturated heterocycles. The van der Waals surface area contributed by atoms with E-state index in [0.29, 0.717) is 31.7 Å². The van der Waals surface area contributed by atoms with E-state index in [9.17, 15) is 9.59 Å². The van der Waals surface area contributed by atoms with Crippen LogP contribution in [0.2, 0.25) is 0 Å². The van der Waals surface area contributed by atoms with E-state index < -0.39 is 12.1 Å². The van der Waals surface area contributed by atoms with Crippen LogP contribution in [-0.2, 0) is 27.1 Å². The Balaban J connectivity index is 0.994. The van der Waals surface area contributed by atoms with E-state index in [1.165, 1.54) is 7.11 Å². The third kappa shape index (κ3) is 5.47. The van der Waals surface area contributed by atoms with Gasteiger partial charge < -0.3 is 30.1 Å². The summed E-state index contributed by atoms with van der Waals surface area (Å²) in [6.45, 7) is 2.17. The Bertz CT molecular complexity index is 1930. The highest BCUT2D eigenvalue weighted by Crippen LogP contribution is 2.44. The summed E-state index contributed by atoms with van der Waals surface area (Å²) in [7, 11) is 1.30. The van der Waals surface area contributed by atoms with Gasteiger partial charge in [0.2, 0.25) is 5.91 Å². The van der Waals surface area contributed by atoms with Gasteiger partial charge in [0.25, 0.3) is 0 Å². The van der Waals surface area contributed by atoms with Gasteiger partial charge >= 0.3 is 6.09 Å². The number of imidazole rings is 2. The summed E-state index contributed by atoms with van der Waals surface area (Å²) in [5, 5.41) is 6.16. The van der Waals surface area contributed by atoms with Crippen LogP contribution in [0.25, 0.3) is 33.6 Å². The molecule has 4 N–H and O–H groups in total. The average molecular weight is 630 g/mol. The van der Waals surface area contributed by atoms with Crippen LogP contribution in [0.15, 0.2) is 79.1 Å². The van der Waals surface area contributed by atoms with Gasteiger partial charge in [-0.3, -0.25) is 9.69 Å². The Labute approximate surface area is 271 Å². The third-order valence-corrected chi connectivity index (χ3v) is 9.37. The zero-order chi connectivity index (χ0) is 31.9. The van der Waals surface area contributed by atoms with Crippen molar-refractivity contribution in [2.45, 2.75) is 37.4 Å². The number of aromatic nitrogens is 4. The molecule has 1 fully saturated rings. The molecule has 3 aliphatic rings. The maximum absolute atomic E-state index is 13.8. The molecule has 0 bridgehead atoms. The number of ether oxygens (including phenoxy) is 2. The smallest absolute Gasteiger partial charge is 0.407 e. The highest BCUT2D eigenvalue weighted by atomic mass is 16.5. The molecule has 11 heteroatoms. The first kappa shape index (κ1) is 29.2. The van der Waals surface area contributed by atoms with Gasteiger partial charge in [0.05, 0.1) is 61.9 Å². The number of nitrogens with zero attached hydrogens (tertiary/aromatic N) is 3. The molecule has 2 amide bonds. The van der Waals surface area contributed by atoms with Gasteiger partial charge in [-0.2, -0.15) is 0 Å². The van der Waals surface area contributed by atoms with Crippen molar-refractivity contribution in [2.75, 3.05) is 31.8 Å². The number of H-pyrrole nitrogens is 2. The number of morpholine rings is 1. The van der Waals surface area contributed by atoms with Gasteiger partial charge in [-0.1, -0.05) is 66.7 Å². The fourth-order valence-electron chi connectivity index (χ4n) is 6.92. The van der Waals surface area contributed by atoms with Crippen LogP contribution in [0.3, 0.4) is 0 Å². The number of para-hydroxylation sites is 1. The first-order valence-electron chi connectivity index (χ1n) is 16.0. The molecule has 8 rings (SSSR count). The number of methoxy groups -OCH3 is 1. The van der Waals surface area contributed by atoms with E-state index in [0.717, 1.165) is 69.4 Å². The van der Waals surface area contributed by atoms with Crippen molar-refractivity contribution in [3.8, 4) is 33.6 Å². The molecule has 0 unspecified atom stereocenters. The van der Waals surface area contributed by atoms with Crippen molar-refractivity contribution in [1.82, 2.24) is 30.6 Å². The van der Waals surface area contributed by atoms with Crippen molar-refractivity contribution in [2.24, 2.45) is 0 Å². The molecule has 0 aliphatic carbocycles. The quantitative estimate of drug-likeness (QED) is 0.205. The molecule has 238 valence electrons. The summed E-state index contributed by atoms with van der Waals surface area (Å²) in [5.74, 6) is 1.45. The van der Waals surface area contributed by atoms with Gasteiger partial charge in [0.15, 0.2) is 0 Å². The molecule has 47 heavy (non-hydrogen) atoms. The van der Waals surface area contributed by atoms with Crippen LogP contribution in [0, 0.1) is 0 Å². The number of hydrogen-bond donors (Lipinski definition) is 4. The number of aryl methyl sites for hydroxylation is 1. The van der Waals surface area contributed by atoms with Gasteiger partial charge in [-0.15, -0.1) is 0 Å². The van der Waals surface area contributed by atoms with Crippen molar-refractivity contribution >= 4 is 17.7 Å². The van der Waals surface area contributed by atoms with Crippen molar-refractivity contribution < 1.29 is 19.1 Å². The number of amides is 2. The summed E-state index contributed by atoms with van der Waals surface area (Å²) >= 11 is 0. The molecular weight excluding hydrogens is 594 g/mol. The number of hydrogen-bond acceptors (Lipinski definition) is 7. The zero-order valence-electron chi connectivity index (χ0n) is 26.0. The first-order valence-corrected chi connectivity index (χ1v) is 16.0. The standard InChI is InChI=1S/C36H35N7O4/c1-46-36(45)42-27-14-13-25-3-2-4-26-17-31(43(32(25)26)35(27)44)34-39-19-29(41-34)24-11-7-22(8-12-24)21-5-9-23(10-6-21)28-18-38-33(40-28)30-20-47-16-15-37-30/h2-12,18-19,27,30-31,37H,13-17,20H2,1H3,(H,38,40)(H,39,41)(H,42,45)/t27-,30-,31-/m0/s1. The molecule has 0 radical (unpaired) electrons. The van der Waals surface area contributed by atoms with E-state index in [2.05, 4.69) is 86.2 Å². The number of rotatable bonds is 6. The number of aromatic amines is 2. The van der Waals surface area contributed by atoms with Crippen LogP contribution in [-0.4, -0.2) is 64.8 Å². The summed E-state index contributed by atoms with van der Waals surface area (Å²) in [4.78, 5) is 43.9. The van der Waals surface area contributed by atoms with Crippen molar-refractivity contribution in [3.05, 3.63) is 102 Å². The molecule has 2 aromatic heterocycles. The van der Waals surface area contributed by atoms with Crippen LogP contribution in [0.1, 0.15) is 41.3 Å². The third-order valence-electron chi connectivity index (χ3n) is 9.37. The van der Waals surface area contributed by atoms with Crippen LogP contribution in [0.5, 0.6) is 0 Å². The second-order valence-corrected chi connectivity index (χ2v) is 12.2. The number of anilines is 1. The lowest BCUT2D eigenvalue weighted by Crippen LogP contribution is -2.48. The number of nitrogens with one attached hydrogen (secondary N) is 4. The van der Waals surface area contributed by atoms with E-state index in [1.54, 1.807) is 0 Å². The molecule has 0 spiro atoms. The highest BCUT2D eigenvalue weighted by Gasteiger charge is 2.42. The number of benzene rings is 3. The lowest BCUT2D eigenvalue weighted by Gasteiger charge is -2.27. The molecule has 11 nitrogen and oxygen atoms in total. The Morgan fingerprint density at radius 3 is 2.19 bits per heavy atom. The van der Waals surface area contributed by atoms with Gasteiger partial charge in [0.1, 0.15) is 17.7 Å². The lowest BCUT2D eigenvalue weighted by molar-refractivity contribution is -0.121. The predicted molar refractivity (Wildman–Crippen MR) is 177 cm³/mol. The molecule has 3 aliphatic heterocycles. The summed E-state index contributed by atoms with van der Waals surface area (Å²) in [6.07, 6.45) is 4.92. The van der Waals surface area contributed by atoms with Gasteiger partial charge in [-0.25, -0.2) is 14.8 Å². The Hall–Kier alpha value is -5.26. The SMILES string of the molecule is COC(=O)N[C@H]1CCc2cccc3c2N(C1=O)[C@H](c1ncc(-c2ccc(-c4ccc(-c5cnc([C@@H]6COCCN6)[nH]5)cc4)cc2)[nH]1)C3. The van der Waals surface area contributed by atoms with Crippen molar-refractivity contribution in [1.29, 1.82) is 0 Å². The van der Waals surface area contributed by atoms with Gasteiger partial charge in [0, 0.05) is 13.0 Å². The average Bonchev–Trinajstić information content (AvgIpc) is 3.88. The zero-order valence-corrected chi connectivity index (χ0v) is 26.0. The first-order chi connectivity index (χ1) is 23.1. The number of alkyl carbamates (subject to hydrolysis) is 1. The van der Waals surface area contributed by atoms with E-state index in [-0.39, 0.29) is 18.0 Å². The fourth-order valence-corrected chi connectivity index (χ4v) is 6.92. The molecule has 0 saturated carbocycles. The molecule has 5 heterocycles. The topological polar surface area (TPSA) is 137 Å². The molecular formula is C36H35N7O4. The molecule has 5 aromatic rings. The summed E-state index contributed by atoms with van der Waals surface area (Å²) in [5.41, 5.74) is 9.28. The number of carbonyl (C=O) groups excluding carboxylic acids is 2.